The summed E-state index contributed by atoms with van der Waals surface area (Å²) in [5.41, 5.74) is 6.61. The Labute approximate surface area is 109 Å². The van der Waals surface area contributed by atoms with Gasteiger partial charge in [-0.1, -0.05) is 12.8 Å². The number of nitrogens with two attached hydrogens (primary N) is 1. The van der Waals surface area contributed by atoms with Crippen molar-refractivity contribution in [3.05, 3.63) is 12.2 Å². The molecule has 2 N–H and O–H groups in total. The largest absolute Gasteiger partial charge is 0.325 e. The Kier molecular flexibility index (Phi) is 3.14. The Morgan fingerprint density at radius 3 is 2.94 bits per heavy atom. The van der Waals surface area contributed by atoms with Crippen LogP contribution in [0, 0.1) is 11.8 Å². The van der Waals surface area contributed by atoms with E-state index in [2.05, 4.69) is 17.0 Å². The third-order valence-corrected chi connectivity index (χ3v) is 4.71. The second-order valence-corrected chi connectivity index (χ2v) is 6.23. The van der Waals surface area contributed by atoms with E-state index in [-0.39, 0.29) is 5.54 Å². The average Bonchev–Trinajstić information content (AvgIpc) is 3.11. The van der Waals surface area contributed by atoms with Crippen molar-refractivity contribution in [2.75, 3.05) is 0 Å². The Hall–Kier alpha value is -0.900. The summed E-state index contributed by atoms with van der Waals surface area (Å²) in [5, 5.41) is 4.25. The van der Waals surface area contributed by atoms with Gasteiger partial charge in [0.25, 0.3) is 0 Å². The summed E-state index contributed by atoms with van der Waals surface area (Å²) in [6.07, 6.45) is 10.4. The van der Waals surface area contributed by atoms with Gasteiger partial charge in [-0.25, -0.2) is 4.98 Å². The van der Waals surface area contributed by atoms with Crippen LogP contribution < -0.4 is 5.73 Å². The Morgan fingerprint density at radius 2 is 2.22 bits per heavy atom. The van der Waals surface area contributed by atoms with Crippen molar-refractivity contribution >= 4 is 0 Å². The van der Waals surface area contributed by atoms with Crippen molar-refractivity contribution in [1.29, 1.82) is 0 Å². The van der Waals surface area contributed by atoms with E-state index in [9.17, 15) is 0 Å². The summed E-state index contributed by atoms with van der Waals surface area (Å²) < 4.78 is 1.98. The maximum Gasteiger partial charge on any atom is 0.138 e. The van der Waals surface area contributed by atoms with Crippen LogP contribution in [-0.2, 0) is 13.0 Å². The van der Waals surface area contributed by atoms with Crippen molar-refractivity contribution < 1.29 is 0 Å². The van der Waals surface area contributed by atoms with Gasteiger partial charge in [0.15, 0.2) is 0 Å². The summed E-state index contributed by atoms with van der Waals surface area (Å²) in [4.78, 5) is 4.38. The van der Waals surface area contributed by atoms with E-state index in [1.165, 1.54) is 32.1 Å². The molecule has 0 radical (unpaired) electrons. The molecule has 2 aliphatic carbocycles. The van der Waals surface area contributed by atoms with E-state index in [4.69, 9.17) is 5.73 Å². The quantitative estimate of drug-likeness (QED) is 0.888. The van der Waals surface area contributed by atoms with Gasteiger partial charge in [-0.15, -0.1) is 0 Å². The van der Waals surface area contributed by atoms with Crippen molar-refractivity contribution in [1.82, 2.24) is 14.8 Å². The number of aryl methyl sites for hydroxylation is 1. The molecule has 1 aromatic rings. The monoisotopic (exact) mass is 248 g/mol. The molecule has 2 atom stereocenters. The molecule has 2 unspecified atom stereocenters. The van der Waals surface area contributed by atoms with Gasteiger partial charge in [0.2, 0.25) is 0 Å². The molecule has 2 aliphatic rings. The summed E-state index contributed by atoms with van der Waals surface area (Å²) in [6.45, 7) is 2.99. The minimum Gasteiger partial charge on any atom is -0.325 e. The van der Waals surface area contributed by atoms with Gasteiger partial charge in [0.05, 0.1) is 0 Å². The van der Waals surface area contributed by atoms with Crippen molar-refractivity contribution in [3.8, 4) is 0 Å². The second kappa shape index (κ2) is 4.65. The highest BCUT2D eigenvalue weighted by Crippen LogP contribution is 2.46. The first-order valence-electron chi connectivity index (χ1n) is 7.36. The number of aromatic nitrogens is 3. The molecule has 1 heterocycles. The van der Waals surface area contributed by atoms with E-state index >= 15 is 0 Å². The van der Waals surface area contributed by atoms with Crippen LogP contribution in [0.1, 0.15) is 51.3 Å². The van der Waals surface area contributed by atoms with Gasteiger partial charge in [0.1, 0.15) is 12.2 Å². The van der Waals surface area contributed by atoms with Crippen molar-refractivity contribution in [2.45, 2.75) is 64.0 Å². The molecule has 0 bridgehead atoms. The molecule has 18 heavy (non-hydrogen) atoms. The zero-order valence-corrected chi connectivity index (χ0v) is 11.3. The molecule has 2 saturated carbocycles. The first-order chi connectivity index (χ1) is 8.70. The van der Waals surface area contributed by atoms with E-state index in [0.717, 1.165) is 37.0 Å². The van der Waals surface area contributed by atoms with Gasteiger partial charge in [0, 0.05) is 18.5 Å². The number of rotatable bonds is 4. The van der Waals surface area contributed by atoms with E-state index in [1.54, 1.807) is 6.33 Å². The van der Waals surface area contributed by atoms with E-state index in [0.29, 0.717) is 0 Å². The predicted octanol–water partition coefficient (Wildman–Crippen LogP) is 2.14. The highest BCUT2D eigenvalue weighted by Gasteiger charge is 2.40. The molecular weight excluding hydrogens is 224 g/mol. The van der Waals surface area contributed by atoms with Gasteiger partial charge < -0.3 is 5.73 Å². The Morgan fingerprint density at radius 1 is 1.39 bits per heavy atom. The molecule has 100 valence electrons. The van der Waals surface area contributed by atoms with Gasteiger partial charge >= 0.3 is 0 Å². The van der Waals surface area contributed by atoms with Crippen LogP contribution >= 0.6 is 0 Å². The lowest BCUT2D eigenvalue weighted by atomic mass is 9.72. The zero-order valence-electron chi connectivity index (χ0n) is 11.3. The third-order valence-electron chi connectivity index (χ3n) is 4.71. The lowest BCUT2D eigenvalue weighted by molar-refractivity contribution is 0.200. The number of hydrogen-bond acceptors (Lipinski definition) is 3. The van der Waals surface area contributed by atoms with Gasteiger partial charge in [-0.05, 0) is 44.4 Å². The molecule has 4 nitrogen and oxygen atoms in total. The molecule has 0 aromatic carbocycles. The lowest BCUT2D eigenvalue weighted by Gasteiger charge is -2.38. The number of hydrogen-bond donors (Lipinski definition) is 1. The van der Waals surface area contributed by atoms with Crippen molar-refractivity contribution in [2.24, 2.45) is 17.6 Å². The molecule has 0 amide bonds. The Bertz CT molecular complexity index is 410. The fourth-order valence-electron chi connectivity index (χ4n) is 3.58. The molecule has 4 heteroatoms. The van der Waals surface area contributed by atoms with E-state index < -0.39 is 0 Å². The summed E-state index contributed by atoms with van der Waals surface area (Å²) in [7, 11) is 0. The first-order valence-corrected chi connectivity index (χ1v) is 7.36. The van der Waals surface area contributed by atoms with Crippen LogP contribution in [0.25, 0.3) is 0 Å². The van der Waals surface area contributed by atoms with Crippen LogP contribution in [0.15, 0.2) is 6.33 Å². The highest BCUT2D eigenvalue weighted by atomic mass is 15.3. The second-order valence-electron chi connectivity index (χ2n) is 6.23. The molecule has 3 rings (SSSR count). The summed E-state index contributed by atoms with van der Waals surface area (Å²) in [6, 6.07) is 0. The lowest BCUT2D eigenvalue weighted by Crippen LogP contribution is -2.47. The van der Waals surface area contributed by atoms with E-state index in [1.807, 2.05) is 4.68 Å². The topological polar surface area (TPSA) is 56.7 Å². The van der Waals surface area contributed by atoms with Crippen molar-refractivity contribution in [3.63, 3.8) is 0 Å². The van der Waals surface area contributed by atoms with Crippen LogP contribution in [-0.4, -0.2) is 20.3 Å². The first kappa shape index (κ1) is 12.2. The smallest absolute Gasteiger partial charge is 0.138 e. The normalized spacial score (nSPS) is 32.7. The molecule has 1 aromatic heterocycles. The van der Waals surface area contributed by atoms with Crippen LogP contribution in [0.4, 0.5) is 0 Å². The SMILES string of the molecule is CCn1ncnc1CC1(N)CCCC(C2CC2)C1. The molecular formula is C14H24N4. The van der Waals surface area contributed by atoms with Crippen LogP contribution in [0.3, 0.4) is 0 Å². The predicted molar refractivity (Wildman–Crippen MR) is 71.0 cm³/mol. The molecule has 0 spiro atoms. The van der Waals surface area contributed by atoms with Crippen LogP contribution in [0.2, 0.25) is 0 Å². The fraction of sp³-hybridized carbons (Fsp3) is 0.857. The Balaban J connectivity index is 1.69. The average molecular weight is 248 g/mol. The maximum atomic E-state index is 6.65. The summed E-state index contributed by atoms with van der Waals surface area (Å²) >= 11 is 0. The molecule has 0 aliphatic heterocycles. The maximum absolute atomic E-state index is 6.65. The third kappa shape index (κ3) is 2.44. The van der Waals surface area contributed by atoms with Gasteiger partial charge in [-0.2, -0.15) is 5.10 Å². The molecule has 2 fully saturated rings. The van der Waals surface area contributed by atoms with Crippen LogP contribution in [0.5, 0.6) is 0 Å². The standard InChI is InChI=1S/C14H24N4/c1-2-18-13(16-10-17-18)9-14(15)7-3-4-12(8-14)11-5-6-11/h10-12H,2-9,15H2,1H3. The zero-order chi connectivity index (χ0) is 12.6. The highest BCUT2D eigenvalue weighted by molar-refractivity contribution is 5.02. The minimum absolute atomic E-state index is 0.0362. The summed E-state index contributed by atoms with van der Waals surface area (Å²) in [5.74, 6) is 2.93. The molecule has 0 saturated heterocycles. The number of nitrogens with zero attached hydrogens (tertiary/aromatic N) is 3. The van der Waals surface area contributed by atoms with Gasteiger partial charge in [-0.3, -0.25) is 4.68 Å². The minimum atomic E-state index is -0.0362. The fourth-order valence-corrected chi connectivity index (χ4v) is 3.58.